The van der Waals surface area contributed by atoms with Crippen molar-refractivity contribution in [2.75, 3.05) is 0 Å². The number of nitrogens with one attached hydrogen (secondary N) is 1. The maximum absolute atomic E-state index is 12.0. The molecule has 0 heterocycles. The molecule has 27 heavy (non-hydrogen) atoms. The van der Waals surface area contributed by atoms with Gasteiger partial charge in [-0.25, -0.2) is 5.43 Å². The highest BCUT2D eigenvalue weighted by Gasteiger charge is 2.20. The molecule has 3 rings (SSSR count). The molecule has 2 aromatic carbocycles. The molecule has 1 amide bonds. The van der Waals surface area contributed by atoms with Gasteiger partial charge in [0.2, 0.25) is 5.91 Å². The topological polar surface area (TPSA) is 67.8 Å². The van der Waals surface area contributed by atoms with Crippen LogP contribution in [0.15, 0.2) is 59.7 Å². The number of hydrogen-bond acceptors (Lipinski definition) is 4. The minimum Gasteiger partial charge on any atom is -0.426 e. The maximum Gasteiger partial charge on any atom is 0.315 e. The Hall–Kier alpha value is -2.95. The van der Waals surface area contributed by atoms with Crippen molar-refractivity contribution >= 4 is 18.1 Å². The van der Waals surface area contributed by atoms with Crippen LogP contribution in [0.1, 0.15) is 43.2 Å². The summed E-state index contributed by atoms with van der Waals surface area (Å²) in [5, 5.41) is 4.03. The minimum absolute atomic E-state index is 0.00240. The predicted octanol–water partition coefficient (Wildman–Crippen LogP) is 3.87. The van der Waals surface area contributed by atoms with Gasteiger partial charge in [0.05, 0.1) is 12.6 Å². The van der Waals surface area contributed by atoms with Crippen LogP contribution in [-0.4, -0.2) is 18.1 Å². The molecule has 0 saturated heterocycles. The third-order valence-electron chi connectivity index (χ3n) is 4.67. The second-order valence-electron chi connectivity index (χ2n) is 6.77. The Labute approximate surface area is 159 Å². The Balaban J connectivity index is 1.46. The highest BCUT2D eigenvalue weighted by Crippen LogP contribution is 2.23. The zero-order valence-corrected chi connectivity index (χ0v) is 15.3. The van der Waals surface area contributed by atoms with Crippen molar-refractivity contribution in [1.29, 1.82) is 0 Å². The van der Waals surface area contributed by atoms with Gasteiger partial charge in [0.25, 0.3) is 0 Å². The van der Waals surface area contributed by atoms with Crippen LogP contribution < -0.4 is 10.2 Å². The van der Waals surface area contributed by atoms with Crippen molar-refractivity contribution in [3.63, 3.8) is 0 Å². The van der Waals surface area contributed by atoms with Crippen molar-refractivity contribution in [2.45, 2.75) is 38.5 Å². The number of benzene rings is 2. The Bertz CT molecular complexity index is 779. The average Bonchev–Trinajstić information content (AvgIpc) is 2.70. The molecule has 0 aromatic heterocycles. The molecule has 1 fully saturated rings. The van der Waals surface area contributed by atoms with E-state index in [0.717, 1.165) is 36.8 Å². The number of hydrazone groups is 1. The van der Waals surface area contributed by atoms with E-state index >= 15 is 0 Å². The van der Waals surface area contributed by atoms with Crippen molar-refractivity contribution in [3.8, 4) is 5.75 Å². The molecule has 0 atom stereocenters. The minimum atomic E-state index is -0.303. The monoisotopic (exact) mass is 364 g/mol. The van der Waals surface area contributed by atoms with Crippen LogP contribution in [0.4, 0.5) is 0 Å². The van der Waals surface area contributed by atoms with Gasteiger partial charge in [-0.3, -0.25) is 9.59 Å². The van der Waals surface area contributed by atoms with E-state index in [4.69, 9.17) is 4.74 Å². The van der Waals surface area contributed by atoms with Crippen LogP contribution in [0.2, 0.25) is 0 Å². The second kappa shape index (κ2) is 9.67. The van der Waals surface area contributed by atoms with Crippen molar-refractivity contribution in [1.82, 2.24) is 5.43 Å². The number of rotatable bonds is 6. The molecule has 140 valence electrons. The van der Waals surface area contributed by atoms with Crippen molar-refractivity contribution in [2.24, 2.45) is 11.0 Å². The normalized spacial score (nSPS) is 14.8. The number of amides is 1. The summed E-state index contributed by atoms with van der Waals surface area (Å²) in [7, 11) is 0. The summed E-state index contributed by atoms with van der Waals surface area (Å²) in [6, 6.07) is 16.5. The van der Waals surface area contributed by atoms with Gasteiger partial charge in [0, 0.05) is 5.92 Å². The van der Waals surface area contributed by atoms with E-state index in [1.807, 2.05) is 30.3 Å². The quantitative estimate of drug-likeness (QED) is 0.366. The van der Waals surface area contributed by atoms with Gasteiger partial charge < -0.3 is 4.74 Å². The molecule has 2 aromatic rings. The third-order valence-corrected chi connectivity index (χ3v) is 4.67. The second-order valence-corrected chi connectivity index (χ2v) is 6.77. The van der Waals surface area contributed by atoms with Gasteiger partial charge in [-0.15, -0.1) is 0 Å². The van der Waals surface area contributed by atoms with Crippen LogP contribution in [0.25, 0.3) is 0 Å². The van der Waals surface area contributed by atoms with Crippen molar-refractivity contribution in [3.05, 3.63) is 65.7 Å². The lowest BCUT2D eigenvalue weighted by Gasteiger charge is -2.19. The fraction of sp³-hybridized carbons (Fsp3) is 0.318. The smallest absolute Gasteiger partial charge is 0.315 e. The molecule has 0 unspecified atom stereocenters. The third kappa shape index (κ3) is 6.06. The summed E-state index contributed by atoms with van der Waals surface area (Å²) < 4.78 is 5.34. The first-order valence-electron chi connectivity index (χ1n) is 9.38. The van der Waals surface area contributed by atoms with E-state index in [1.54, 1.807) is 30.5 Å². The number of ether oxygens (including phenoxy) is 1. The predicted molar refractivity (Wildman–Crippen MR) is 105 cm³/mol. The first-order valence-corrected chi connectivity index (χ1v) is 9.38. The molecule has 5 nitrogen and oxygen atoms in total. The van der Waals surface area contributed by atoms with Crippen LogP contribution in [0, 0.1) is 5.92 Å². The van der Waals surface area contributed by atoms with Gasteiger partial charge in [0.1, 0.15) is 5.75 Å². The highest BCUT2D eigenvalue weighted by molar-refractivity contribution is 5.83. The lowest BCUT2D eigenvalue weighted by atomic mass is 9.89. The Morgan fingerprint density at radius 3 is 2.41 bits per heavy atom. The van der Waals surface area contributed by atoms with Crippen LogP contribution >= 0.6 is 0 Å². The summed E-state index contributed by atoms with van der Waals surface area (Å²) in [6.45, 7) is 0. The SMILES string of the molecule is O=C(Cc1ccccc1)Oc1ccc(C=NNC(=O)C2CCCCC2)cc1. The Morgan fingerprint density at radius 2 is 1.70 bits per heavy atom. The van der Waals surface area contributed by atoms with Crippen molar-refractivity contribution < 1.29 is 14.3 Å². The molecule has 1 aliphatic carbocycles. The molecule has 0 aliphatic heterocycles. The largest absolute Gasteiger partial charge is 0.426 e. The standard InChI is InChI=1S/C22H24N2O3/c25-21(15-17-7-3-1-4-8-17)27-20-13-11-18(12-14-20)16-23-24-22(26)19-9-5-2-6-10-19/h1,3-4,7-8,11-14,16,19H,2,5-6,9-10,15H2,(H,24,26). The van der Waals surface area contributed by atoms with Gasteiger partial charge in [0.15, 0.2) is 0 Å². The number of hydrogen-bond donors (Lipinski definition) is 1. The molecule has 5 heteroatoms. The lowest BCUT2D eigenvalue weighted by molar-refractivity contribution is -0.133. The number of esters is 1. The summed E-state index contributed by atoms with van der Waals surface area (Å²) in [6.07, 6.45) is 7.18. The van der Waals surface area contributed by atoms with E-state index < -0.39 is 0 Å². The number of carbonyl (C=O) groups excluding carboxylic acids is 2. The van der Waals surface area contributed by atoms with E-state index in [9.17, 15) is 9.59 Å². The molecular weight excluding hydrogens is 340 g/mol. The Kier molecular flexibility index (Phi) is 6.74. The summed E-state index contributed by atoms with van der Waals surface area (Å²) in [5.41, 5.74) is 4.36. The van der Waals surface area contributed by atoms with Crippen LogP contribution in [0.5, 0.6) is 5.75 Å². The van der Waals surface area contributed by atoms with Gasteiger partial charge in [-0.2, -0.15) is 5.10 Å². The van der Waals surface area contributed by atoms with E-state index in [-0.39, 0.29) is 24.2 Å². The first-order chi connectivity index (χ1) is 13.2. The van der Waals surface area contributed by atoms with Crippen LogP contribution in [0.3, 0.4) is 0 Å². The summed E-state index contributed by atoms with van der Waals surface area (Å²) in [4.78, 5) is 24.0. The highest BCUT2D eigenvalue weighted by atomic mass is 16.5. The Morgan fingerprint density at radius 1 is 1.00 bits per heavy atom. The fourth-order valence-electron chi connectivity index (χ4n) is 3.18. The zero-order chi connectivity index (χ0) is 18.9. The average molecular weight is 364 g/mol. The van der Waals surface area contributed by atoms with E-state index in [2.05, 4.69) is 10.5 Å². The van der Waals surface area contributed by atoms with E-state index in [0.29, 0.717) is 5.75 Å². The fourth-order valence-corrected chi connectivity index (χ4v) is 3.18. The number of nitrogens with zero attached hydrogens (tertiary/aromatic N) is 1. The van der Waals surface area contributed by atoms with Gasteiger partial charge >= 0.3 is 5.97 Å². The van der Waals surface area contributed by atoms with E-state index in [1.165, 1.54) is 6.42 Å². The molecular formula is C22H24N2O3. The van der Waals surface area contributed by atoms with Gasteiger partial charge in [-0.1, -0.05) is 49.6 Å². The first kappa shape index (κ1) is 18.8. The molecule has 1 aliphatic rings. The maximum atomic E-state index is 12.0. The van der Waals surface area contributed by atoms with Gasteiger partial charge in [-0.05, 0) is 48.2 Å². The number of carbonyl (C=O) groups is 2. The zero-order valence-electron chi connectivity index (χ0n) is 15.3. The molecule has 0 spiro atoms. The lowest BCUT2D eigenvalue weighted by Crippen LogP contribution is -2.28. The summed E-state index contributed by atoms with van der Waals surface area (Å²) in [5.74, 6) is 0.265. The molecule has 0 radical (unpaired) electrons. The summed E-state index contributed by atoms with van der Waals surface area (Å²) >= 11 is 0. The van der Waals surface area contributed by atoms with Crippen LogP contribution in [-0.2, 0) is 16.0 Å². The molecule has 1 saturated carbocycles. The molecule has 1 N–H and O–H groups in total. The molecule has 0 bridgehead atoms.